The minimum atomic E-state index is -0.0976. The molecule has 0 aliphatic carbocycles. The number of hydrogen-bond donors (Lipinski definition) is 2. The maximum atomic E-state index is 9.06. The highest BCUT2D eigenvalue weighted by Gasteiger charge is 2.15. The molecular weight excluding hydrogens is 198 g/mol. The van der Waals surface area contributed by atoms with Crippen molar-refractivity contribution in [2.75, 3.05) is 18.5 Å². The van der Waals surface area contributed by atoms with E-state index in [1.54, 1.807) is 0 Å². The van der Waals surface area contributed by atoms with Crippen LogP contribution >= 0.6 is 11.6 Å². The van der Waals surface area contributed by atoms with E-state index >= 15 is 0 Å². The first-order valence-electron chi connectivity index (χ1n) is 4.64. The first-order valence-corrected chi connectivity index (χ1v) is 5.02. The van der Waals surface area contributed by atoms with E-state index in [0.717, 1.165) is 17.3 Å². The van der Waals surface area contributed by atoms with Crippen molar-refractivity contribution in [1.82, 2.24) is 0 Å². The second-order valence-corrected chi connectivity index (χ2v) is 4.62. The number of anilines is 1. The number of benzene rings is 1. The molecule has 2 N–H and O–H groups in total. The maximum absolute atomic E-state index is 9.06. The van der Waals surface area contributed by atoms with Crippen LogP contribution in [-0.4, -0.2) is 18.3 Å². The van der Waals surface area contributed by atoms with Gasteiger partial charge in [-0.1, -0.05) is 25.4 Å². The molecule has 0 heterocycles. The Morgan fingerprint density at radius 2 is 1.86 bits per heavy atom. The number of halogens is 1. The van der Waals surface area contributed by atoms with Crippen molar-refractivity contribution in [1.29, 1.82) is 0 Å². The van der Waals surface area contributed by atoms with E-state index in [-0.39, 0.29) is 12.0 Å². The van der Waals surface area contributed by atoms with E-state index in [4.69, 9.17) is 16.7 Å². The van der Waals surface area contributed by atoms with Crippen molar-refractivity contribution >= 4 is 17.3 Å². The summed E-state index contributed by atoms with van der Waals surface area (Å²) in [6, 6.07) is 7.54. The van der Waals surface area contributed by atoms with Crippen LogP contribution in [0, 0.1) is 5.41 Å². The lowest BCUT2D eigenvalue weighted by Gasteiger charge is -2.22. The molecule has 0 saturated heterocycles. The Bertz CT molecular complexity index is 282. The van der Waals surface area contributed by atoms with Gasteiger partial charge in [0.15, 0.2) is 0 Å². The molecule has 0 unspecified atom stereocenters. The van der Waals surface area contributed by atoms with E-state index in [2.05, 4.69) is 5.32 Å². The summed E-state index contributed by atoms with van der Waals surface area (Å²) in [6.45, 7) is 4.94. The largest absolute Gasteiger partial charge is 0.396 e. The van der Waals surface area contributed by atoms with Gasteiger partial charge in [0, 0.05) is 29.3 Å². The van der Waals surface area contributed by atoms with Gasteiger partial charge in [-0.25, -0.2) is 0 Å². The van der Waals surface area contributed by atoms with Crippen LogP contribution in [0.15, 0.2) is 24.3 Å². The first kappa shape index (κ1) is 11.3. The van der Waals surface area contributed by atoms with Gasteiger partial charge in [-0.15, -0.1) is 0 Å². The van der Waals surface area contributed by atoms with Gasteiger partial charge in [-0.3, -0.25) is 0 Å². The van der Waals surface area contributed by atoms with Gasteiger partial charge in [0.05, 0.1) is 0 Å². The Labute approximate surface area is 89.9 Å². The number of aliphatic hydroxyl groups is 1. The van der Waals surface area contributed by atoms with Crippen LogP contribution in [0.5, 0.6) is 0 Å². The summed E-state index contributed by atoms with van der Waals surface area (Å²) in [5.41, 5.74) is 0.926. The minimum Gasteiger partial charge on any atom is -0.396 e. The summed E-state index contributed by atoms with van der Waals surface area (Å²) in [4.78, 5) is 0. The Balaban J connectivity index is 2.50. The molecule has 0 aromatic heterocycles. The zero-order chi connectivity index (χ0) is 10.6. The van der Waals surface area contributed by atoms with E-state index in [1.165, 1.54) is 0 Å². The van der Waals surface area contributed by atoms with Gasteiger partial charge in [-0.05, 0) is 24.3 Å². The molecule has 1 aromatic carbocycles. The Hall–Kier alpha value is -0.730. The molecule has 2 nitrogen and oxygen atoms in total. The average molecular weight is 214 g/mol. The van der Waals surface area contributed by atoms with Gasteiger partial charge < -0.3 is 10.4 Å². The Morgan fingerprint density at radius 3 is 2.36 bits per heavy atom. The molecule has 0 aliphatic heterocycles. The second kappa shape index (κ2) is 4.67. The lowest BCUT2D eigenvalue weighted by molar-refractivity contribution is 0.171. The third-order valence-electron chi connectivity index (χ3n) is 2.04. The lowest BCUT2D eigenvalue weighted by atomic mass is 9.95. The summed E-state index contributed by atoms with van der Waals surface area (Å²) in [5, 5.41) is 13.0. The zero-order valence-corrected chi connectivity index (χ0v) is 9.30. The van der Waals surface area contributed by atoms with Crippen molar-refractivity contribution in [3.8, 4) is 0 Å². The van der Waals surface area contributed by atoms with E-state index in [9.17, 15) is 0 Å². The van der Waals surface area contributed by atoms with Crippen molar-refractivity contribution in [3.05, 3.63) is 29.3 Å². The summed E-state index contributed by atoms with van der Waals surface area (Å²) in [7, 11) is 0. The first-order chi connectivity index (χ1) is 6.53. The van der Waals surface area contributed by atoms with E-state index in [0.29, 0.717) is 0 Å². The summed E-state index contributed by atoms with van der Waals surface area (Å²) in [6.07, 6.45) is 0. The predicted octanol–water partition coefficient (Wildman–Crippen LogP) is 2.77. The van der Waals surface area contributed by atoms with Crippen LogP contribution in [0.3, 0.4) is 0 Å². The highest BCUT2D eigenvalue weighted by molar-refractivity contribution is 6.30. The standard InChI is InChI=1S/C11H16ClNO/c1-11(2,8-14)7-13-10-5-3-9(12)4-6-10/h3-6,13-14H,7-8H2,1-2H3. The fraction of sp³-hybridized carbons (Fsp3) is 0.455. The third kappa shape index (κ3) is 3.56. The molecule has 0 saturated carbocycles. The molecule has 0 amide bonds. The number of nitrogens with one attached hydrogen (secondary N) is 1. The van der Waals surface area contributed by atoms with Gasteiger partial charge in [0.2, 0.25) is 0 Å². The van der Waals surface area contributed by atoms with Gasteiger partial charge >= 0.3 is 0 Å². The highest BCUT2D eigenvalue weighted by atomic mass is 35.5. The van der Waals surface area contributed by atoms with Gasteiger partial charge in [-0.2, -0.15) is 0 Å². The SMILES string of the molecule is CC(C)(CO)CNc1ccc(Cl)cc1. The molecule has 0 atom stereocenters. The van der Waals surface area contributed by atoms with E-state index < -0.39 is 0 Å². The van der Waals surface area contributed by atoms with Crippen LogP contribution in [0.2, 0.25) is 5.02 Å². The van der Waals surface area contributed by atoms with Crippen LogP contribution in [0.25, 0.3) is 0 Å². The van der Waals surface area contributed by atoms with Crippen LogP contribution in [-0.2, 0) is 0 Å². The minimum absolute atomic E-state index is 0.0976. The van der Waals surface area contributed by atoms with Crippen molar-refractivity contribution < 1.29 is 5.11 Å². The highest BCUT2D eigenvalue weighted by Crippen LogP contribution is 2.17. The smallest absolute Gasteiger partial charge is 0.0498 e. The molecule has 14 heavy (non-hydrogen) atoms. The van der Waals surface area contributed by atoms with Gasteiger partial charge in [0.1, 0.15) is 0 Å². The third-order valence-corrected chi connectivity index (χ3v) is 2.30. The summed E-state index contributed by atoms with van der Waals surface area (Å²) in [5.74, 6) is 0. The second-order valence-electron chi connectivity index (χ2n) is 4.18. The number of aliphatic hydroxyl groups excluding tert-OH is 1. The van der Waals surface area contributed by atoms with Crippen molar-refractivity contribution in [2.24, 2.45) is 5.41 Å². The lowest BCUT2D eigenvalue weighted by Crippen LogP contribution is -2.26. The zero-order valence-electron chi connectivity index (χ0n) is 8.55. The van der Waals surface area contributed by atoms with E-state index in [1.807, 2.05) is 38.1 Å². The Morgan fingerprint density at radius 1 is 1.29 bits per heavy atom. The monoisotopic (exact) mass is 213 g/mol. The predicted molar refractivity (Wildman–Crippen MR) is 60.8 cm³/mol. The number of rotatable bonds is 4. The molecule has 0 spiro atoms. The topological polar surface area (TPSA) is 32.3 Å². The van der Waals surface area contributed by atoms with Crippen LogP contribution in [0.4, 0.5) is 5.69 Å². The average Bonchev–Trinajstić information content (AvgIpc) is 2.17. The molecule has 0 aliphatic rings. The quantitative estimate of drug-likeness (QED) is 0.806. The summed E-state index contributed by atoms with van der Waals surface area (Å²) < 4.78 is 0. The maximum Gasteiger partial charge on any atom is 0.0498 e. The fourth-order valence-electron chi connectivity index (χ4n) is 0.965. The molecule has 0 radical (unpaired) electrons. The van der Waals surface area contributed by atoms with Crippen LogP contribution in [0.1, 0.15) is 13.8 Å². The van der Waals surface area contributed by atoms with Crippen molar-refractivity contribution in [3.63, 3.8) is 0 Å². The van der Waals surface area contributed by atoms with Crippen molar-refractivity contribution in [2.45, 2.75) is 13.8 Å². The molecule has 0 fully saturated rings. The number of hydrogen-bond acceptors (Lipinski definition) is 2. The fourth-order valence-corrected chi connectivity index (χ4v) is 1.09. The normalized spacial score (nSPS) is 11.4. The molecular formula is C11H16ClNO. The molecule has 78 valence electrons. The summed E-state index contributed by atoms with van der Waals surface area (Å²) >= 11 is 5.76. The van der Waals surface area contributed by atoms with Gasteiger partial charge in [0.25, 0.3) is 0 Å². The molecule has 0 bridgehead atoms. The van der Waals surface area contributed by atoms with Crippen LogP contribution < -0.4 is 5.32 Å². The Kier molecular flexibility index (Phi) is 3.78. The molecule has 3 heteroatoms. The molecule has 1 aromatic rings. The molecule has 1 rings (SSSR count).